The molecule has 0 atom stereocenters. The number of anilines is 1. The Morgan fingerprint density at radius 2 is 1.62 bits per heavy atom. The molecule has 0 aliphatic rings. The molecule has 8 nitrogen and oxygen atoms in total. The average Bonchev–Trinajstić information content (AvgIpc) is 3.19. The highest BCUT2D eigenvalue weighted by Crippen LogP contribution is 2.17. The van der Waals surface area contributed by atoms with Gasteiger partial charge in [0.05, 0.1) is 0 Å². The number of hydrogen-bond donors (Lipinski definition) is 2. The number of thiazole rings is 1. The molecule has 29 heavy (non-hydrogen) atoms. The highest BCUT2D eigenvalue weighted by atomic mass is 32.1. The van der Waals surface area contributed by atoms with Gasteiger partial charge in [-0.15, -0.1) is 11.3 Å². The molecule has 2 aromatic carbocycles. The van der Waals surface area contributed by atoms with Gasteiger partial charge in [-0.3, -0.25) is 5.32 Å². The Bertz CT molecular complexity index is 990. The lowest BCUT2D eigenvalue weighted by Gasteiger charge is -2.04. The maximum absolute atomic E-state index is 11.9. The molecule has 2 N–H and O–H groups in total. The van der Waals surface area contributed by atoms with Gasteiger partial charge in [0.15, 0.2) is 5.13 Å². The van der Waals surface area contributed by atoms with Gasteiger partial charge in [0.2, 0.25) is 5.71 Å². The van der Waals surface area contributed by atoms with E-state index in [4.69, 9.17) is 9.57 Å². The summed E-state index contributed by atoms with van der Waals surface area (Å²) in [6, 6.07) is 18.4. The van der Waals surface area contributed by atoms with Crippen LogP contribution in [0.5, 0.6) is 0 Å². The van der Waals surface area contributed by atoms with Crippen LogP contribution < -0.4 is 5.32 Å². The Labute approximate surface area is 170 Å². The number of carbonyl (C=O) groups excluding carboxylic acids is 1. The van der Waals surface area contributed by atoms with E-state index in [0.29, 0.717) is 0 Å². The number of aliphatic carboxylic acids is 1. The van der Waals surface area contributed by atoms with Crippen molar-refractivity contribution in [2.24, 2.45) is 5.16 Å². The number of hydrogen-bond acceptors (Lipinski definition) is 7. The molecule has 0 spiro atoms. The summed E-state index contributed by atoms with van der Waals surface area (Å²) in [7, 11) is 0. The van der Waals surface area contributed by atoms with Crippen molar-refractivity contribution in [3.8, 4) is 0 Å². The van der Waals surface area contributed by atoms with Crippen LogP contribution in [-0.2, 0) is 27.6 Å². The zero-order valence-electron chi connectivity index (χ0n) is 15.1. The summed E-state index contributed by atoms with van der Waals surface area (Å²) in [4.78, 5) is 32.6. The van der Waals surface area contributed by atoms with Crippen molar-refractivity contribution in [1.29, 1.82) is 0 Å². The van der Waals surface area contributed by atoms with Crippen molar-refractivity contribution in [1.82, 2.24) is 4.98 Å². The fourth-order valence-electron chi connectivity index (χ4n) is 2.23. The number of oxime groups is 1. The molecule has 148 valence electrons. The smallest absolute Gasteiger partial charge is 0.413 e. The topological polar surface area (TPSA) is 110 Å². The number of carboxylic acids is 1. The first kappa shape index (κ1) is 20.0. The molecule has 0 aliphatic heterocycles. The van der Waals surface area contributed by atoms with Crippen LogP contribution in [0.2, 0.25) is 0 Å². The standard InChI is InChI=1S/C20H17N3O5S/c24-18(25)17(23-28-12-15-9-5-2-6-10-15)16-13-29-19(21-16)22-20(26)27-11-14-7-3-1-4-8-14/h1-10,13H,11-12H2,(H,24,25)(H,21,22,26). The molecule has 0 radical (unpaired) electrons. The van der Waals surface area contributed by atoms with Crippen molar-refractivity contribution in [3.63, 3.8) is 0 Å². The van der Waals surface area contributed by atoms with E-state index in [2.05, 4.69) is 15.5 Å². The van der Waals surface area contributed by atoms with Crippen LogP contribution in [0.15, 0.2) is 71.2 Å². The number of ether oxygens (including phenoxy) is 1. The second-order valence-corrected chi connectivity index (χ2v) is 6.59. The summed E-state index contributed by atoms with van der Waals surface area (Å²) < 4.78 is 5.11. The third kappa shape index (κ3) is 6.15. The molecule has 3 rings (SSSR count). The summed E-state index contributed by atoms with van der Waals surface area (Å²) in [5, 5.41) is 17.2. The molecule has 0 bridgehead atoms. The van der Waals surface area contributed by atoms with E-state index < -0.39 is 12.1 Å². The molecule has 3 aromatic rings. The molecule has 0 saturated carbocycles. The summed E-state index contributed by atoms with van der Waals surface area (Å²) in [5.74, 6) is -1.29. The number of nitrogens with zero attached hydrogens (tertiary/aromatic N) is 2. The summed E-state index contributed by atoms with van der Waals surface area (Å²) in [6.07, 6.45) is -0.691. The first-order valence-corrected chi connectivity index (χ1v) is 9.40. The summed E-state index contributed by atoms with van der Waals surface area (Å²) in [5.41, 5.74) is 1.41. The fourth-order valence-corrected chi connectivity index (χ4v) is 2.91. The lowest BCUT2D eigenvalue weighted by atomic mass is 10.2. The Kier molecular flexibility index (Phi) is 6.90. The Balaban J connectivity index is 1.57. The lowest BCUT2D eigenvalue weighted by Crippen LogP contribution is -2.17. The van der Waals surface area contributed by atoms with E-state index in [1.54, 1.807) is 0 Å². The van der Waals surface area contributed by atoms with Gasteiger partial charge in [-0.25, -0.2) is 14.6 Å². The number of amides is 1. The molecular weight excluding hydrogens is 394 g/mol. The van der Waals surface area contributed by atoms with Crippen LogP contribution >= 0.6 is 11.3 Å². The minimum atomic E-state index is -1.29. The van der Waals surface area contributed by atoms with Crippen LogP contribution in [0, 0.1) is 0 Å². The number of carboxylic acid groups (broad SMARTS) is 1. The minimum Gasteiger partial charge on any atom is -0.476 e. The number of nitrogens with one attached hydrogen (secondary N) is 1. The van der Waals surface area contributed by atoms with Crippen LogP contribution in [0.3, 0.4) is 0 Å². The number of aromatic nitrogens is 1. The zero-order valence-corrected chi connectivity index (χ0v) is 16.0. The van der Waals surface area contributed by atoms with E-state index in [1.807, 2.05) is 60.7 Å². The maximum Gasteiger partial charge on any atom is 0.413 e. The SMILES string of the molecule is O=C(Nc1nc(C(=NOCc2ccccc2)C(=O)O)cs1)OCc1ccccc1. The van der Waals surface area contributed by atoms with Gasteiger partial charge in [-0.1, -0.05) is 65.8 Å². The molecule has 0 unspecified atom stereocenters. The Morgan fingerprint density at radius 3 is 2.24 bits per heavy atom. The number of rotatable bonds is 8. The first-order valence-electron chi connectivity index (χ1n) is 8.52. The quantitative estimate of drug-likeness (QED) is 0.430. The van der Waals surface area contributed by atoms with Crippen LogP contribution in [0.25, 0.3) is 0 Å². The molecule has 0 saturated heterocycles. The molecule has 1 amide bonds. The van der Waals surface area contributed by atoms with Gasteiger partial charge in [-0.05, 0) is 11.1 Å². The van der Waals surface area contributed by atoms with Gasteiger partial charge in [0.25, 0.3) is 0 Å². The monoisotopic (exact) mass is 411 g/mol. The normalized spacial score (nSPS) is 11.0. The van der Waals surface area contributed by atoms with Crippen LogP contribution in [-0.4, -0.2) is 27.9 Å². The third-order valence-electron chi connectivity index (χ3n) is 3.60. The lowest BCUT2D eigenvalue weighted by molar-refractivity contribution is -0.129. The molecular formula is C20H17N3O5S. The number of carbonyl (C=O) groups is 2. The van der Waals surface area contributed by atoms with E-state index in [-0.39, 0.29) is 29.8 Å². The van der Waals surface area contributed by atoms with Gasteiger partial charge < -0.3 is 14.7 Å². The third-order valence-corrected chi connectivity index (χ3v) is 4.36. The van der Waals surface area contributed by atoms with E-state index >= 15 is 0 Å². The highest BCUT2D eigenvalue weighted by Gasteiger charge is 2.18. The van der Waals surface area contributed by atoms with Crippen molar-refractivity contribution in [2.45, 2.75) is 13.2 Å². The second kappa shape index (κ2) is 10.00. The van der Waals surface area contributed by atoms with Gasteiger partial charge >= 0.3 is 12.1 Å². The Hall–Kier alpha value is -3.72. The molecule has 1 aromatic heterocycles. The first-order chi connectivity index (χ1) is 14.1. The summed E-state index contributed by atoms with van der Waals surface area (Å²) in [6.45, 7) is 0.235. The second-order valence-electron chi connectivity index (χ2n) is 5.73. The largest absolute Gasteiger partial charge is 0.476 e. The van der Waals surface area contributed by atoms with Crippen LogP contribution in [0.1, 0.15) is 16.8 Å². The maximum atomic E-state index is 11.9. The zero-order chi connectivity index (χ0) is 20.5. The molecule has 1 heterocycles. The molecule has 0 aliphatic carbocycles. The Morgan fingerprint density at radius 1 is 1.00 bits per heavy atom. The van der Waals surface area contributed by atoms with Crippen molar-refractivity contribution < 1.29 is 24.3 Å². The highest BCUT2D eigenvalue weighted by molar-refractivity contribution is 7.14. The summed E-state index contributed by atoms with van der Waals surface area (Å²) >= 11 is 1.05. The predicted octanol–water partition coefficient (Wildman–Crippen LogP) is 3.90. The van der Waals surface area contributed by atoms with E-state index in [9.17, 15) is 14.7 Å². The predicted molar refractivity (Wildman–Crippen MR) is 108 cm³/mol. The molecule has 9 heteroatoms. The van der Waals surface area contributed by atoms with Crippen LogP contribution in [0.4, 0.5) is 9.93 Å². The van der Waals surface area contributed by atoms with E-state index in [0.717, 1.165) is 22.5 Å². The van der Waals surface area contributed by atoms with Gasteiger partial charge in [0.1, 0.15) is 18.9 Å². The minimum absolute atomic E-state index is 0.0777. The van der Waals surface area contributed by atoms with Gasteiger partial charge in [-0.2, -0.15) is 0 Å². The van der Waals surface area contributed by atoms with Crippen molar-refractivity contribution in [2.75, 3.05) is 5.32 Å². The average molecular weight is 411 g/mol. The molecule has 0 fully saturated rings. The number of benzene rings is 2. The van der Waals surface area contributed by atoms with Gasteiger partial charge in [0, 0.05) is 5.38 Å². The van der Waals surface area contributed by atoms with Crippen molar-refractivity contribution in [3.05, 3.63) is 82.9 Å². The van der Waals surface area contributed by atoms with E-state index in [1.165, 1.54) is 5.38 Å². The fraction of sp³-hybridized carbons (Fsp3) is 0.100. The van der Waals surface area contributed by atoms with Crippen molar-refractivity contribution >= 4 is 34.2 Å².